The number of fused-ring (bicyclic) bond motifs is 1. The lowest BCUT2D eigenvalue weighted by Gasteiger charge is -2.10. The minimum atomic E-state index is -0.276. The van der Waals surface area contributed by atoms with Crippen LogP contribution in [0.15, 0.2) is 78.5 Å². The van der Waals surface area contributed by atoms with E-state index in [2.05, 4.69) is 27.1 Å². The van der Waals surface area contributed by atoms with E-state index in [0.717, 1.165) is 27.7 Å². The molecule has 0 fully saturated rings. The van der Waals surface area contributed by atoms with E-state index in [1.165, 1.54) is 0 Å². The van der Waals surface area contributed by atoms with Crippen molar-refractivity contribution in [1.29, 1.82) is 0 Å². The molecule has 0 atom stereocenters. The second-order valence-corrected chi connectivity index (χ2v) is 6.55. The predicted molar refractivity (Wildman–Crippen MR) is 113 cm³/mol. The van der Waals surface area contributed by atoms with Crippen molar-refractivity contribution in [3.63, 3.8) is 0 Å². The van der Waals surface area contributed by atoms with E-state index in [9.17, 15) is 9.90 Å². The smallest absolute Gasteiger partial charge is 0.319 e. The number of hydrogen-bond acceptors (Lipinski definition) is 3. The highest BCUT2D eigenvalue weighted by Gasteiger charge is 2.12. The first kappa shape index (κ1) is 18.5. The summed E-state index contributed by atoms with van der Waals surface area (Å²) >= 11 is 0. The molecular weight excluding hydrogens is 364 g/mol. The standard InChI is InChI=1S/C23H20N4O2/c28-13-12-27-21-7-6-20(26-23(29)25-16-17-8-10-24-11-9-17)14-19(21)15-22(27)18-4-2-1-3-5-18/h1-2,4,6-11,14-15,28H,12-13,16H2,(H2,25,26,29). The Hall–Kier alpha value is -3.82. The Balaban J connectivity index is 1.56. The molecule has 1 aliphatic rings. The van der Waals surface area contributed by atoms with Gasteiger partial charge in [-0.25, -0.2) is 4.79 Å². The fraction of sp³-hybridized carbons (Fsp3) is 0.130. The molecule has 4 rings (SSSR count). The summed E-state index contributed by atoms with van der Waals surface area (Å²) in [5.41, 5.74) is 10.6. The van der Waals surface area contributed by atoms with Crippen molar-refractivity contribution in [3.05, 3.63) is 89.7 Å². The number of nitrogens with one attached hydrogen (secondary N) is 2. The molecule has 0 saturated heterocycles. The zero-order chi connectivity index (χ0) is 20.1. The summed E-state index contributed by atoms with van der Waals surface area (Å²) in [6.07, 6.45) is 9.06. The van der Waals surface area contributed by atoms with Gasteiger partial charge in [-0.2, -0.15) is 0 Å². The minimum absolute atomic E-state index is 0.0325. The number of aliphatic hydroxyl groups is 1. The van der Waals surface area contributed by atoms with Gasteiger partial charge in [-0.3, -0.25) is 4.98 Å². The zero-order valence-corrected chi connectivity index (χ0v) is 15.7. The lowest BCUT2D eigenvalue weighted by Crippen LogP contribution is -2.28. The summed E-state index contributed by atoms with van der Waals surface area (Å²) in [6, 6.07) is 11.2. The van der Waals surface area contributed by atoms with Crippen molar-refractivity contribution >= 4 is 28.2 Å². The van der Waals surface area contributed by atoms with Crippen LogP contribution in [-0.4, -0.2) is 27.3 Å². The molecule has 3 N–H and O–H groups in total. The number of hydrogen-bond donors (Lipinski definition) is 3. The van der Waals surface area contributed by atoms with Crippen molar-refractivity contribution in [2.24, 2.45) is 0 Å². The monoisotopic (exact) mass is 384 g/mol. The fourth-order valence-corrected chi connectivity index (χ4v) is 3.27. The van der Waals surface area contributed by atoms with Gasteiger partial charge in [0.2, 0.25) is 0 Å². The highest BCUT2D eigenvalue weighted by Crippen LogP contribution is 2.28. The van der Waals surface area contributed by atoms with Crippen LogP contribution < -0.4 is 10.6 Å². The highest BCUT2D eigenvalue weighted by atomic mass is 16.3. The molecular formula is C23H20N4O2. The third-order valence-corrected chi connectivity index (χ3v) is 4.61. The maximum Gasteiger partial charge on any atom is 0.319 e. The van der Waals surface area contributed by atoms with E-state index in [0.29, 0.717) is 18.8 Å². The number of aromatic nitrogens is 2. The van der Waals surface area contributed by atoms with Gasteiger partial charge in [0.05, 0.1) is 12.3 Å². The third-order valence-electron chi connectivity index (χ3n) is 4.61. The molecule has 0 aliphatic heterocycles. The van der Waals surface area contributed by atoms with Crippen LogP contribution in [0.2, 0.25) is 0 Å². The number of allylic oxidation sites excluding steroid dienone is 4. The van der Waals surface area contributed by atoms with Crippen molar-refractivity contribution in [2.75, 3.05) is 11.9 Å². The molecule has 6 nitrogen and oxygen atoms in total. The first-order valence-corrected chi connectivity index (χ1v) is 9.31. The van der Waals surface area contributed by atoms with Crippen molar-refractivity contribution in [2.45, 2.75) is 13.1 Å². The Labute approximate surface area is 168 Å². The summed E-state index contributed by atoms with van der Waals surface area (Å²) in [4.78, 5) is 16.2. The van der Waals surface area contributed by atoms with Gasteiger partial charge < -0.3 is 20.3 Å². The Morgan fingerprint density at radius 1 is 1.17 bits per heavy atom. The van der Waals surface area contributed by atoms with Crippen LogP contribution in [-0.2, 0) is 13.1 Å². The number of carbonyl (C=O) groups is 1. The molecule has 29 heavy (non-hydrogen) atoms. The van der Waals surface area contributed by atoms with E-state index < -0.39 is 0 Å². The molecule has 144 valence electrons. The Kier molecular flexibility index (Phi) is 5.41. The van der Waals surface area contributed by atoms with Gasteiger partial charge in [-0.1, -0.05) is 17.5 Å². The predicted octanol–water partition coefficient (Wildman–Crippen LogP) is 3.61. The summed E-state index contributed by atoms with van der Waals surface area (Å²) in [6.45, 7) is 0.930. The number of amides is 2. The second-order valence-electron chi connectivity index (χ2n) is 6.55. The maximum atomic E-state index is 12.2. The van der Waals surface area contributed by atoms with Crippen LogP contribution in [0, 0.1) is 0 Å². The van der Waals surface area contributed by atoms with Gasteiger partial charge in [0.15, 0.2) is 0 Å². The van der Waals surface area contributed by atoms with Gasteiger partial charge in [-0.05, 0) is 54.1 Å². The van der Waals surface area contributed by atoms with E-state index in [1.54, 1.807) is 18.5 Å². The molecule has 1 aromatic carbocycles. The number of anilines is 1. The number of urea groups is 1. The second kappa shape index (κ2) is 8.46. The van der Waals surface area contributed by atoms with Gasteiger partial charge >= 0.3 is 6.03 Å². The quantitative estimate of drug-likeness (QED) is 0.568. The number of nitrogens with zero attached hydrogens (tertiary/aromatic N) is 2. The zero-order valence-electron chi connectivity index (χ0n) is 15.7. The molecule has 2 heterocycles. The van der Waals surface area contributed by atoms with Crippen LogP contribution in [0.1, 0.15) is 11.3 Å². The van der Waals surface area contributed by atoms with Crippen LogP contribution in [0.4, 0.5) is 10.5 Å². The topological polar surface area (TPSA) is 79.2 Å². The minimum Gasteiger partial charge on any atom is -0.395 e. The van der Waals surface area contributed by atoms with Crippen LogP contribution >= 0.6 is 0 Å². The van der Waals surface area contributed by atoms with Crippen molar-refractivity contribution in [3.8, 4) is 0 Å². The Morgan fingerprint density at radius 3 is 2.79 bits per heavy atom. The first-order valence-electron chi connectivity index (χ1n) is 9.31. The molecule has 2 amide bonds. The maximum absolute atomic E-state index is 12.2. The van der Waals surface area contributed by atoms with Crippen molar-refractivity contribution in [1.82, 2.24) is 14.9 Å². The van der Waals surface area contributed by atoms with E-state index in [-0.39, 0.29) is 12.6 Å². The molecule has 0 bridgehead atoms. The van der Waals surface area contributed by atoms with Gasteiger partial charge in [0.1, 0.15) is 0 Å². The SMILES string of the molecule is O=C(NCc1ccncc1)Nc1ccc2c(c1)cc(C1=C=C=CC=C1)n2CCO. The largest absolute Gasteiger partial charge is 0.395 e. The lowest BCUT2D eigenvalue weighted by molar-refractivity contribution is 0.251. The summed E-state index contributed by atoms with van der Waals surface area (Å²) in [5.74, 6) is 0. The third kappa shape index (κ3) is 4.21. The first-order chi connectivity index (χ1) is 14.2. The average Bonchev–Trinajstić information content (AvgIpc) is 3.12. The molecule has 1 aliphatic carbocycles. The van der Waals surface area contributed by atoms with Gasteiger partial charge in [0.25, 0.3) is 0 Å². The summed E-state index contributed by atoms with van der Waals surface area (Å²) in [7, 11) is 0. The van der Waals surface area contributed by atoms with Gasteiger partial charge in [0, 0.05) is 47.6 Å². The molecule has 2 aromatic heterocycles. The molecule has 0 spiro atoms. The van der Waals surface area contributed by atoms with Crippen LogP contribution in [0.5, 0.6) is 0 Å². The number of aliphatic hydroxyl groups excluding tert-OH is 1. The Bertz CT molecular complexity index is 1180. The molecule has 0 saturated carbocycles. The summed E-state index contributed by atoms with van der Waals surface area (Å²) < 4.78 is 2.04. The van der Waals surface area contributed by atoms with E-state index >= 15 is 0 Å². The molecule has 0 unspecified atom stereocenters. The highest BCUT2D eigenvalue weighted by molar-refractivity contribution is 5.94. The molecule has 0 radical (unpaired) electrons. The number of carbonyl (C=O) groups excluding carboxylic acids is 1. The summed E-state index contributed by atoms with van der Waals surface area (Å²) in [5, 5.41) is 16.2. The average molecular weight is 384 g/mol. The van der Waals surface area contributed by atoms with E-state index in [4.69, 9.17) is 0 Å². The normalized spacial score (nSPS) is 12.2. The van der Waals surface area contributed by atoms with E-state index in [1.807, 2.05) is 53.1 Å². The molecule has 6 heteroatoms. The number of rotatable bonds is 6. The van der Waals surface area contributed by atoms with Crippen LogP contribution in [0.25, 0.3) is 16.5 Å². The fourth-order valence-electron chi connectivity index (χ4n) is 3.27. The van der Waals surface area contributed by atoms with Crippen LogP contribution in [0.3, 0.4) is 0 Å². The van der Waals surface area contributed by atoms with Crippen molar-refractivity contribution < 1.29 is 9.90 Å². The van der Waals surface area contributed by atoms with Gasteiger partial charge in [-0.15, -0.1) is 0 Å². The lowest BCUT2D eigenvalue weighted by atomic mass is 10.1. The Morgan fingerprint density at radius 2 is 2.03 bits per heavy atom. The molecule has 3 aromatic rings. The number of pyridine rings is 1. The number of benzene rings is 1.